The van der Waals surface area contributed by atoms with E-state index < -0.39 is 0 Å². The van der Waals surface area contributed by atoms with Crippen molar-refractivity contribution in [3.63, 3.8) is 0 Å². The number of nitrogens with one attached hydrogen (secondary N) is 1. The van der Waals surface area contributed by atoms with Gasteiger partial charge in [0.15, 0.2) is 4.34 Å². The van der Waals surface area contributed by atoms with Gasteiger partial charge in [-0.1, -0.05) is 59.6 Å². The van der Waals surface area contributed by atoms with Crippen molar-refractivity contribution in [2.75, 3.05) is 11.1 Å². The summed E-state index contributed by atoms with van der Waals surface area (Å²) in [4.78, 5) is 24.7. The number of nitrogens with zero attached hydrogens (tertiary/aromatic N) is 2. The van der Waals surface area contributed by atoms with Gasteiger partial charge in [-0.2, -0.15) is 0 Å². The summed E-state index contributed by atoms with van der Waals surface area (Å²) in [7, 11) is 0. The van der Waals surface area contributed by atoms with E-state index in [0.29, 0.717) is 15.4 Å². The Morgan fingerprint density at radius 2 is 2.09 bits per heavy atom. The molecule has 1 N–H and O–H groups in total. The molecule has 5 nitrogen and oxygen atoms in total. The quantitative estimate of drug-likeness (QED) is 0.577. The van der Waals surface area contributed by atoms with Gasteiger partial charge in [0, 0.05) is 5.39 Å². The lowest BCUT2D eigenvalue weighted by molar-refractivity contribution is 0.103. The SMILES string of the molecule is CCSc1nnc(NC(=O)c2cc3ccccc3c(=O)s2)s1. The molecule has 2 aromatic heterocycles. The minimum atomic E-state index is -0.336. The van der Waals surface area contributed by atoms with Crippen LogP contribution in [0.15, 0.2) is 39.5 Å². The average Bonchev–Trinajstić information content (AvgIpc) is 2.95. The van der Waals surface area contributed by atoms with Crippen LogP contribution in [0.25, 0.3) is 10.8 Å². The lowest BCUT2D eigenvalue weighted by Gasteiger charge is -2.01. The second-order valence-corrected chi connectivity index (χ2v) is 7.75. The molecule has 0 spiro atoms. The third kappa shape index (κ3) is 3.18. The normalized spacial score (nSPS) is 10.8. The lowest BCUT2D eigenvalue weighted by atomic mass is 10.2. The van der Waals surface area contributed by atoms with Crippen molar-refractivity contribution in [3.05, 3.63) is 44.7 Å². The Kier molecular flexibility index (Phi) is 4.51. The highest BCUT2D eigenvalue weighted by molar-refractivity contribution is 8.01. The zero-order valence-corrected chi connectivity index (χ0v) is 14.0. The minimum absolute atomic E-state index is 0.122. The van der Waals surface area contributed by atoms with Gasteiger partial charge in [0.2, 0.25) is 9.87 Å². The molecule has 0 fully saturated rings. The van der Waals surface area contributed by atoms with Crippen molar-refractivity contribution < 1.29 is 4.79 Å². The van der Waals surface area contributed by atoms with E-state index in [2.05, 4.69) is 15.5 Å². The van der Waals surface area contributed by atoms with E-state index in [0.717, 1.165) is 26.8 Å². The number of benzene rings is 1. The van der Waals surface area contributed by atoms with Crippen LogP contribution in [0.3, 0.4) is 0 Å². The van der Waals surface area contributed by atoms with E-state index >= 15 is 0 Å². The number of hydrogen-bond donors (Lipinski definition) is 1. The molecule has 1 aromatic carbocycles. The minimum Gasteiger partial charge on any atom is -0.296 e. The van der Waals surface area contributed by atoms with E-state index in [1.807, 2.05) is 25.1 Å². The second kappa shape index (κ2) is 6.55. The predicted molar refractivity (Wildman–Crippen MR) is 92.4 cm³/mol. The van der Waals surface area contributed by atoms with Crippen LogP contribution in [-0.2, 0) is 0 Å². The maximum absolute atomic E-state index is 12.3. The standard InChI is InChI=1S/C14H11N3O2S3/c1-2-20-14-17-16-13(22-14)15-11(18)10-7-8-5-3-4-6-9(8)12(19)21-10/h3-7H,2H2,1H3,(H,15,16,18). The zero-order valence-electron chi connectivity index (χ0n) is 11.5. The Morgan fingerprint density at radius 1 is 1.27 bits per heavy atom. The van der Waals surface area contributed by atoms with E-state index in [-0.39, 0.29) is 10.6 Å². The molecule has 0 aliphatic carbocycles. The van der Waals surface area contributed by atoms with Gasteiger partial charge in [-0.15, -0.1) is 10.2 Å². The Bertz CT molecular complexity index is 888. The first-order valence-electron chi connectivity index (χ1n) is 6.48. The molecule has 0 atom stereocenters. The number of carbonyl (C=O) groups is 1. The molecule has 3 aromatic rings. The Morgan fingerprint density at radius 3 is 2.91 bits per heavy atom. The third-order valence-electron chi connectivity index (χ3n) is 2.79. The molecule has 0 aliphatic heterocycles. The Hall–Kier alpha value is -1.77. The smallest absolute Gasteiger partial charge is 0.267 e. The number of hydrogen-bond acceptors (Lipinski definition) is 7. The molecule has 3 rings (SSSR count). The molecule has 0 saturated heterocycles. The van der Waals surface area contributed by atoms with Crippen LogP contribution in [-0.4, -0.2) is 21.9 Å². The van der Waals surface area contributed by atoms with E-state index in [1.54, 1.807) is 23.9 Å². The number of carbonyl (C=O) groups excluding carboxylic acids is 1. The van der Waals surface area contributed by atoms with E-state index in [1.165, 1.54) is 11.3 Å². The van der Waals surface area contributed by atoms with Crippen molar-refractivity contribution in [2.24, 2.45) is 0 Å². The highest BCUT2D eigenvalue weighted by Crippen LogP contribution is 2.25. The molecule has 0 radical (unpaired) electrons. The highest BCUT2D eigenvalue weighted by atomic mass is 32.2. The molecular weight excluding hydrogens is 338 g/mol. The van der Waals surface area contributed by atoms with E-state index in [9.17, 15) is 9.59 Å². The fourth-order valence-electron chi connectivity index (χ4n) is 1.85. The number of rotatable bonds is 4. The topological polar surface area (TPSA) is 72.0 Å². The number of fused-ring (bicyclic) bond motifs is 1. The predicted octanol–water partition coefficient (Wildman–Crippen LogP) is 3.48. The zero-order chi connectivity index (χ0) is 15.5. The monoisotopic (exact) mass is 349 g/mol. The first kappa shape index (κ1) is 15.1. The van der Waals surface area contributed by atoms with Crippen LogP contribution < -0.4 is 10.1 Å². The summed E-state index contributed by atoms with van der Waals surface area (Å²) in [5.41, 5.74) is 0. The molecule has 112 valence electrons. The van der Waals surface area contributed by atoms with Crippen LogP contribution >= 0.6 is 34.4 Å². The molecular formula is C14H11N3O2S3. The van der Waals surface area contributed by atoms with E-state index in [4.69, 9.17) is 0 Å². The van der Waals surface area contributed by atoms with Crippen molar-refractivity contribution in [1.29, 1.82) is 0 Å². The van der Waals surface area contributed by atoms with Crippen LogP contribution in [0, 0.1) is 0 Å². The van der Waals surface area contributed by atoms with Crippen LogP contribution in [0.4, 0.5) is 5.13 Å². The summed E-state index contributed by atoms with van der Waals surface area (Å²) in [6, 6.07) is 8.95. The van der Waals surface area contributed by atoms with Gasteiger partial charge in [0.1, 0.15) is 0 Å². The number of anilines is 1. The second-order valence-electron chi connectivity index (χ2n) is 4.25. The van der Waals surface area contributed by atoms with Gasteiger partial charge >= 0.3 is 0 Å². The molecule has 0 saturated carbocycles. The highest BCUT2D eigenvalue weighted by Gasteiger charge is 2.13. The van der Waals surface area contributed by atoms with Crippen LogP contribution in [0.1, 0.15) is 16.6 Å². The number of thioether (sulfide) groups is 1. The van der Waals surface area contributed by atoms with Crippen molar-refractivity contribution in [3.8, 4) is 0 Å². The van der Waals surface area contributed by atoms with Gasteiger partial charge in [-0.3, -0.25) is 14.9 Å². The molecule has 22 heavy (non-hydrogen) atoms. The summed E-state index contributed by atoms with van der Waals surface area (Å²) < 4.78 is 0.687. The van der Waals surface area contributed by atoms with Crippen molar-refractivity contribution in [2.45, 2.75) is 11.3 Å². The van der Waals surface area contributed by atoms with Crippen LogP contribution in [0.5, 0.6) is 0 Å². The van der Waals surface area contributed by atoms with Gasteiger partial charge in [0.25, 0.3) is 5.91 Å². The lowest BCUT2D eigenvalue weighted by Crippen LogP contribution is -2.12. The first-order chi connectivity index (χ1) is 10.7. The Labute approximate surface area is 138 Å². The summed E-state index contributed by atoms with van der Waals surface area (Å²) in [6.45, 7) is 2.02. The number of aromatic nitrogens is 2. The van der Waals surface area contributed by atoms with Gasteiger partial charge in [-0.25, -0.2) is 0 Å². The fraction of sp³-hybridized carbons (Fsp3) is 0.143. The third-order valence-corrected chi connectivity index (χ3v) is 5.57. The summed E-state index contributed by atoms with van der Waals surface area (Å²) in [5.74, 6) is 0.562. The van der Waals surface area contributed by atoms with Crippen LogP contribution in [0.2, 0.25) is 0 Å². The number of amides is 1. The fourth-order valence-corrected chi connectivity index (χ4v) is 4.32. The summed E-state index contributed by atoms with van der Waals surface area (Å²) in [5, 5.41) is 12.4. The van der Waals surface area contributed by atoms with Crippen molar-refractivity contribution >= 4 is 56.2 Å². The first-order valence-corrected chi connectivity index (χ1v) is 9.10. The molecule has 2 heterocycles. The summed E-state index contributed by atoms with van der Waals surface area (Å²) in [6.07, 6.45) is 0. The average molecular weight is 349 g/mol. The largest absolute Gasteiger partial charge is 0.296 e. The maximum atomic E-state index is 12.3. The molecule has 0 unspecified atom stereocenters. The molecule has 0 aliphatic rings. The molecule has 8 heteroatoms. The molecule has 1 amide bonds. The summed E-state index contributed by atoms with van der Waals surface area (Å²) >= 11 is 3.83. The molecule has 0 bridgehead atoms. The maximum Gasteiger partial charge on any atom is 0.267 e. The van der Waals surface area contributed by atoms with Gasteiger partial charge < -0.3 is 0 Å². The van der Waals surface area contributed by atoms with Crippen molar-refractivity contribution in [1.82, 2.24) is 10.2 Å². The van der Waals surface area contributed by atoms with Gasteiger partial charge in [0.05, 0.1) is 4.88 Å². The van der Waals surface area contributed by atoms with Gasteiger partial charge in [-0.05, 0) is 23.3 Å². The Balaban J connectivity index is 1.86.